The number of rotatable bonds is 10. The van der Waals surface area contributed by atoms with Crippen molar-refractivity contribution in [3.8, 4) is 23.6 Å². The van der Waals surface area contributed by atoms with E-state index in [4.69, 9.17) is 31.5 Å². The van der Waals surface area contributed by atoms with Crippen LogP contribution in [-0.2, 0) is 0 Å². The summed E-state index contributed by atoms with van der Waals surface area (Å²) >= 11 is 0. The first-order valence-electron chi connectivity index (χ1n) is 14.5. The fourth-order valence-electron chi connectivity index (χ4n) is 5.06. The molecule has 6 N–H and O–H groups in total. The van der Waals surface area contributed by atoms with Crippen LogP contribution in [0.4, 0.5) is 22.7 Å². The molecule has 6 aromatic rings. The number of carbonyl (C=O) groups is 2. The summed E-state index contributed by atoms with van der Waals surface area (Å²) in [6, 6.07) is 22.1. The molecule has 6 rings (SSSR count). The Morgan fingerprint density at radius 1 is 0.771 bits per heavy atom. The first-order chi connectivity index (χ1) is 23.2. The van der Waals surface area contributed by atoms with Crippen molar-refractivity contribution in [2.75, 3.05) is 23.8 Å². The minimum absolute atomic E-state index is 0.00455. The zero-order valence-corrected chi connectivity index (χ0v) is 26.0. The number of para-hydroxylation sites is 2. The molecule has 240 valence electrons. The Morgan fingerprint density at radius 2 is 1.29 bits per heavy atom. The van der Waals surface area contributed by atoms with Gasteiger partial charge in [-0.1, -0.05) is 12.1 Å². The Hall–Kier alpha value is -7.06. The number of aryl methyl sites for hydroxylation is 2. The van der Waals surface area contributed by atoms with E-state index in [1.807, 2.05) is 68.5 Å². The highest BCUT2D eigenvalue weighted by Gasteiger charge is 2.17. The molecule has 48 heavy (non-hydrogen) atoms. The number of nitrogens with two attached hydrogens (primary N) is 2. The van der Waals surface area contributed by atoms with E-state index >= 15 is 0 Å². The van der Waals surface area contributed by atoms with Gasteiger partial charge >= 0.3 is 0 Å². The molecule has 0 saturated carbocycles. The van der Waals surface area contributed by atoms with E-state index in [0.29, 0.717) is 39.6 Å². The lowest BCUT2D eigenvalue weighted by Gasteiger charge is -2.15. The number of hydrogen-bond acceptors (Lipinski definition) is 10. The van der Waals surface area contributed by atoms with Crippen LogP contribution >= 0.6 is 0 Å². The molecule has 2 amide bonds. The van der Waals surface area contributed by atoms with Crippen molar-refractivity contribution in [2.45, 2.75) is 13.8 Å². The topological polar surface area (TPSA) is 211 Å². The highest BCUT2D eigenvalue weighted by molar-refractivity contribution is 6.03. The van der Waals surface area contributed by atoms with Crippen LogP contribution in [0.1, 0.15) is 31.8 Å². The maximum absolute atomic E-state index is 11.8. The third-order valence-electron chi connectivity index (χ3n) is 7.11. The van der Waals surface area contributed by atoms with Crippen molar-refractivity contribution < 1.29 is 19.1 Å². The van der Waals surface area contributed by atoms with Gasteiger partial charge in [0.1, 0.15) is 23.6 Å². The smallest absolute Gasteiger partial charge is 0.252 e. The number of nitrogens with one attached hydrogen (secondary N) is 2. The molecule has 0 aliphatic heterocycles. The van der Waals surface area contributed by atoms with Crippen LogP contribution in [0.5, 0.6) is 11.5 Å². The van der Waals surface area contributed by atoms with Gasteiger partial charge in [0.25, 0.3) is 11.8 Å². The maximum atomic E-state index is 11.8. The molecule has 0 aliphatic rings. The molecule has 0 spiro atoms. The van der Waals surface area contributed by atoms with Gasteiger partial charge < -0.3 is 31.6 Å². The molecule has 4 heterocycles. The predicted molar refractivity (Wildman–Crippen MR) is 179 cm³/mol. The first kappa shape index (κ1) is 32.3. The lowest BCUT2D eigenvalue weighted by atomic mass is 10.1. The number of hydrogen-bond donors (Lipinski definition) is 4. The van der Waals surface area contributed by atoms with Gasteiger partial charge in [0.05, 0.1) is 51.6 Å². The van der Waals surface area contributed by atoms with Gasteiger partial charge in [-0.3, -0.25) is 9.59 Å². The fourth-order valence-corrected chi connectivity index (χ4v) is 5.06. The molecule has 0 atom stereocenters. The zero-order valence-electron chi connectivity index (χ0n) is 26.0. The van der Waals surface area contributed by atoms with E-state index in [2.05, 4.69) is 20.8 Å². The standard InChI is InChI=1S/C18H17N5O2.C16H13N5O2/c1-11-8-13(9-12(2)17(11)25-7-5-19)22-16-14(18(20)24)10-21-23-6-3-4-15(16)23;17-7-9-23-14-6-2-1-4-12(14)20-15-11(16(18)22)10-19-21-8-3-5-13(15)21/h3-4,6,8-10,22H,7H2,1-2H3,(H2,20,24);1-6,8,10,20H,9H2,(H2,18,22). The molecule has 0 radical (unpaired) electrons. The van der Waals surface area contributed by atoms with Gasteiger partial charge in [-0.05, 0) is 73.5 Å². The van der Waals surface area contributed by atoms with Crippen LogP contribution in [0.25, 0.3) is 11.0 Å². The number of primary amides is 2. The van der Waals surface area contributed by atoms with E-state index < -0.39 is 11.8 Å². The molecular weight excluding hydrogens is 612 g/mol. The Balaban J connectivity index is 0.000000188. The van der Waals surface area contributed by atoms with Crippen molar-refractivity contribution >= 4 is 45.6 Å². The van der Waals surface area contributed by atoms with Crippen molar-refractivity contribution in [1.82, 2.24) is 19.2 Å². The molecule has 0 unspecified atom stereocenters. The molecule has 4 aromatic heterocycles. The van der Waals surface area contributed by atoms with Gasteiger partial charge in [0.15, 0.2) is 13.2 Å². The lowest BCUT2D eigenvalue weighted by molar-refractivity contribution is 0.0992. The third-order valence-corrected chi connectivity index (χ3v) is 7.11. The summed E-state index contributed by atoms with van der Waals surface area (Å²) in [5.74, 6) is 0.0519. The molecule has 0 saturated heterocycles. The lowest BCUT2D eigenvalue weighted by Crippen LogP contribution is -2.15. The van der Waals surface area contributed by atoms with E-state index in [-0.39, 0.29) is 18.8 Å². The minimum Gasteiger partial charge on any atom is -0.478 e. The van der Waals surface area contributed by atoms with Crippen LogP contribution in [0.15, 0.2) is 85.5 Å². The summed E-state index contributed by atoms with van der Waals surface area (Å²) in [6.07, 6.45) is 6.42. The summed E-state index contributed by atoms with van der Waals surface area (Å²) in [7, 11) is 0. The summed E-state index contributed by atoms with van der Waals surface area (Å²) < 4.78 is 14.2. The van der Waals surface area contributed by atoms with Gasteiger partial charge in [-0.25, -0.2) is 9.03 Å². The molecule has 0 fully saturated rings. The molecule has 0 bridgehead atoms. The largest absolute Gasteiger partial charge is 0.478 e. The second kappa shape index (κ2) is 14.4. The average molecular weight is 643 g/mol. The summed E-state index contributed by atoms with van der Waals surface area (Å²) in [4.78, 5) is 23.5. The van der Waals surface area contributed by atoms with E-state index in [1.165, 1.54) is 12.4 Å². The van der Waals surface area contributed by atoms with E-state index in [0.717, 1.165) is 22.3 Å². The quantitative estimate of drug-likeness (QED) is 0.161. The number of nitrogens with zero attached hydrogens (tertiary/aromatic N) is 6. The number of amides is 2. The predicted octanol–water partition coefficient (Wildman–Crippen LogP) is 4.78. The monoisotopic (exact) mass is 642 g/mol. The first-order valence-corrected chi connectivity index (χ1v) is 14.5. The summed E-state index contributed by atoms with van der Waals surface area (Å²) in [5, 5.41) is 32.1. The number of aromatic nitrogens is 4. The second-order valence-electron chi connectivity index (χ2n) is 10.3. The number of nitriles is 2. The molecule has 0 aliphatic carbocycles. The summed E-state index contributed by atoms with van der Waals surface area (Å²) in [5.41, 5.74) is 17.3. The Morgan fingerprint density at radius 3 is 1.83 bits per heavy atom. The number of carbonyl (C=O) groups excluding carboxylic acids is 2. The molecule has 2 aromatic carbocycles. The maximum Gasteiger partial charge on any atom is 0.252 e. The average Bonchev–Trinajstić information content (AvgIpc) is 3.75. The third kappa shape index (κ3) is 6.93. The van der Waals surface area contributed by atoms with E-state index in [1.54, 1.807) is 39.6 Å². The number of anilines is 4. The fraction of sp³-hybridized carbons (Fsp3) is 0.118. The van der Waals surface area contributed by atoms with Crippen molar-refractivity contribution in [3.05, 3.63) is 108 Å². The van der Waals surface area contributed by atoms with E-state index in [9.17, 15) is 9.59 Å². The normalized spacial score (nSPS) is 10.3. The Bertz CT molecular complexity index is 2200. The minimum atomic E-state index is -0.584. The van der Waals surface area contributed by atoms with Crippen LogP contribution < -0.4 is 31.6 Å². The van der Waals surface area contributed by atoms with Gasteiger partial charge in [-0.15, -0.1) is 0 Å². The van der Waals surface area contributed by atoms with Crippen LogP contribution in [0, 0.1) is 36.5 Å². The molecular formula is C34H30N10O4. The van der Waals surface area contributed by atoms with Crippen LogP contribution in [0.2, 0.25) is 0 Å². The van der Waals surface area contributed by atoms with Gasteiger partial charge in [0.2, 0.25) is 0 Å². The Kier molecular flexibility index (Phi) is 9.67. The SMILES string of the molecule is Cc1cc(Nc2c(C(N)=O)cnn3cccc23)cc(C)c1OCC#N.N#CCOc1ccccc1Nc1c(C(N)=O)cnn2cccc12. The number of ether oxygens (including phenoxy) is 2. The van der Waals surface area contributed by atoms with Gasteiger partial charge in [-0.2, -0.15) is 20.7 Å². The highest BCUT2D eigenvalue weighted by atomic mass is 16.5. The van der Waals surface area contributed by atoms with Crippen LogP contribution in [-0.4, -0.2) is 44.3 Å². The van der Waals surface area contributed by atoms with Crippen molar-refractivity contribution in [2.24, 2.45) is 11.5 Å². The zero-order chi connectivity index (χ0) is 34.2. The number of benzene rings is 2. The second-order valence-corrected chi connectivity index (χ2v) is 10.3. The highest BCUT2D eigenvalue weighted by Crippen LogP contribution is 2.33. The van der Waals surface area contributed by atoms with Crippen molar-refractivity contribution in [1.29, 1.82) is 10.5 Å². The molecule has 14 nitrogen and oxygen atoms in total. The number of fused-ring (bicyclic) bond motifs is 2. The van der Waals surface area contributed by atoms with Gasteiger partial charge in [0, 0.05) is 18.1 Å². The molecule has 14 heteroatoms. The van der Waals surface area contributed by atoms with Crippen molar-refractivity contribution in [3.63, 3.8) is 0 Å². The summed E-state index contributed by atoms with van der Waals surface area (Å²) in [6.45, 7) is 3.73. The Labute approximate surface area is 274 Å². The van der Waals surface area contributed by atoms with Crippen LogP contribution in [0.3, 0.4) is 0 Å².